The van der Waals surface area contributed by atoms with Crippen LogP contribution >= 0.6 is 0 Å². The molecular weight excluding hydrogens is 269 g/mol. The second-order valence-electron chi connectivity index (χ2n) is 4.45. The van der Waals surface area contributed by atoms with Crippen molar-refractivity contribution in [1.82, 2.24) is 9.78 Å². The fourth-order valence-corrected chi connectivity index (χ4v) is 2.84. The Morgan fingerprint density at radius 3 is 2.42 bits per heavy atom. The molecule has 1 heterocycles. The smallest absolute Gasteiger partial charge is 0.175 e. The number of nitrogens with zero attached hydrogens (tertiary/aromatic N) is 2. The molecule has 0 aliphatic heterocycles. The highest BCUT2D eigenvalue weighted by atomic mass is 32.2. The Labute approximate surface area is 110 Å². The summed E-state index contributed by atoms with van der Waals surface area (Å²) in [7, 11) is -1.79. The zero-order valence-electron chi connectivity index (χ0n) is 10.8. The first-order valence-electron chi connectivity index (χ1n) is 5.50. The van der Waals surface area contributed by atoms with Gasteiger partial charge in [0, 0.05) is 24.9 Å². The third kappa shape index (κ3) is 2.46. The van der Waals surface area contributed by atoms with Crippen molar-refractivity contribution in [2.24, 2.45) is 7.05 Å². The molecule has 0 fully saturated rings. The van der Waals surface area contributed by atoms with Crippen molar-refractivity contribution in [2.45, 2.75) is 11.8 Å². The van der Waals surface area contributed by atoms with Gasteiger partial charge in [-0.05, 0) is 24.6 Å². The van der Waals surface area contributed by atoms with Crippen LogP contribution in [0.15, 0.2) is 23.1 Å². The van der Waals surface area contributed by atoms with E-state index in [4.69, 9.17) is 5.73 Å². The van der Waals surface area contributed by atoms with E-state index in [9.17, 15) is 12.8 Å². The largest absolute Gasteiger partial charge is 0.384 e. The number of aromatic nitrogens is 2. The van der Waals surface area contributed by atoms with Crippen LogP contribution < -0.4 is 5.73 Å². The number of nitrogen functional groups attached to an aromatic ring is 1. The van der Waals surface area contributed by atoms with Crippen molar-refractivity contribution >= 4 is 15.7 Å². The molecule has 0 amide bonds. The van der Waals surface area contributed by atoms with Crippen LogP contribution in [0.5, 0.6) is 0 Å². The van der Waals surface area contributed by atoms with E-state index in [0.717, 1.165) is 6.26 Å². The van der Waals surface area contributed by atoms with Crippen molar-refractivity contribution in [3.8, 4) is 11.3 Å². The van der Waals surface area contributed by atoms with E-state index >= 15 is 0 Å². The van der Waals surface area contributed by atoms with Gasteiger partial charge in [-0.15, -0.1) is 0 Å². The van der Waals surface area contributed by atoms with E-state index in [-0.39, 0.29) is 10.5 Å². The summed E-state index contributed by atoms with van der Waals surface area (Å²) in [6.45, 7) is 1.55. The van der Waals surface area contributed by atoms with Crippen molar-refractivity contribution < 1.29 is 12.8 Å². The first-order chi connectivity index (χ1) is 8.70. The van der Waals surface area contributed by atoms with Crippen molar-refractivity contribution in [3.05, 3.63) is 29.6 Å². The van der Waals surface area contributed by atoms with E-state index < -0.39 is 15.7 Å². The van der Waals surface area contributed by atoms with Gasteiger partial charge in [-0.2, -0.15) is 5.10 Å². The number of sulfone groups is 1. The summed E-state index contributed by atoms with van der Waals surface area (Å²) in [5, 5.41) is 4.05. The third-order valence-electron chi connectivity index (χ3n) is 2.86. The highest BCUT2D eigenvalue weighted by Crippen LogP contribution is 2.28. The zero-order valence-corrected chi connectivity index (χ0v) is 11.6. The number of aryl methyl sites for hydroxylation is 2. The van der Waals surface area contributed by atoms with Crippen LogP contribution in [0.1, 0.15) is 5.56 Å². The van der Waals surface area contributed by atoms with Crippen LogP contribution in [0, 0.1) is 12.7 Å². The van der Waals surface area contributed by atoms with Gasteiger partial charge >= 0.3 is 0 Å². The Kier molecular flexibility index (Phi) is 3.09. The fourth-order valence-electron chi connectivity index (χ4n) is 1.86. The molecule has 0 bridgehead atoms. The van der Waals surface area contributed by atoms with Crippen molar-refractivity contribution in [2.75, 3.05) is 12.0 Å². The predicted molar refractivity (Wildman–Crippen MR) is 70.9 cm³/mol. The molecule has 7 heteroatoms. The molecular formula is C12H14FN3O2S. The lowest BCUT2D eigenvalue weighted by Gasteiger charge is -2.07. The van der Waals surface area contributed by atoms with E-state index in [1.54, 1.807) is 14.0 Å². The summed E-state index contributed by atoms with van der Waals surface area (Å²) in [4.78, 5) is 0.0909. The topological polar surface area (TPSA) is 78.0 Å². The van der Waals surface area contributed by atoms with E-state index in [2.05, 4.69) is 5.10 Å². The summed E-state index contributed by atoms with van der Waals surface area (Å²) in [6, 6.07) is 3.98. The van der Waals surface area contributed by atoms with Crippen molar-refractivity contribution in [3.63, 3.8) is 0 Å². The average molecular weight is 283 g/mol. The van der Waals surface area contributed by atoms with Crippen molar-refractivity contribution in [1.29, 1.82) is 0 Å². The Hall–Kier alpha value is -1.89. The second-order valence-corrected chi connectivity index (χ2v) is 6.43. The fraction of sp³-hybridized carbons (Fsp3) is 0.250. The van der Waals surface area contributed by atoms with Gasteiger partial charge in [-0.3, -0.25) is 4.68 Å². The van der Waals surface area contributed by atoms with Gasteiger partial charge in [0.25, 0.3) is 0 Å². The summed E-state index contributed by atoms with van der Waals surface area (Å²) in [6.07, 6.45) is 1.09. The summed E-state index contributed by atoms with van der Waals surface area (Å²) in [5.74, 6) is -0.154. The van der Waals surface area contributed by atoms with Crippen LogP contribution in [-0.2, 0) is 16.9 Å². The Morgan fingerprint density at radius 2 is 1.95 bits per heavy atom. The number of rotatable bonds is 2. The van der Waals surface area contributed by atoms with E-state index in [1.807, 2.05) is 0 Å². The lowest BCUT2D eigenvalue weighted by atomic mass is 10.1. The molecule has 0 saturated heterocycles. The van der Waals surface area contributed by atoms with Gasteiger partial charge in [-0.25, -0.2) is 12.8 Å². The number of halogens is 1. The molecule has 2 rings (SSSR count). The lowest BCUT2D eigenvalue weighted by Crippen LogP contribution is -2.02. The van der Waals surface area contributed by atoms with Gasteiger partial charge in [0.2, 0.25) is 0 Å². The molecule has 0 unspecified atom stereocenters. The van der Waals surface area contributed by atoms with Crippen LogP contribution in [0.4, 0.5) is 10.2 Å². The van der Waals surface area contributed by atoms with Crippen LogP contribution in [-0.4, -0.2) is 24.5 Å². The molecule has 0 aliphatic rings. The quantitative estimate of drug-likeness (QED) is 0.848. The molecule has 0 saturated carbocycles. The lowest BCUT2D eigenvalue weighted by molar-refractivity contribution is 0.599. The SMILES string of the molecule is Cc1cc(F)c(-c2cc(N)n(C)n2)cc1S(C)(=O)=O. The zero-order chi connectivity index (χ0) is 14.4. The Morgan fingerprint density at radius 1 is 1.32 bits per heavy atom. The van der Waals surface area contributed by atoms with Crippen LogP contribution in [0.25, 0.3) is 11.3 Å². The predicted octanol–water partition coefficient (Wildman–Crippen LogP) is 1.52. The molecule has 102 valence electrons. The third-order valence-corrected chi connectivity index (χ3v) is 4.09. The minimum atomic E-state index is -3.42. The molecule has 2 aromatic rings. The van der Waals surface area contributed by atoms with Crippen LogP contribution in [0.2, 0.25) is 0 Å². The van der Waals surface area contributed by atoms with Gasteiger partial charge < -0.3 is 5.73 Å². The highest BCUT2D eigenvalue weighted by Gasteiger charge is 2.17. The van der Waals surface area contributed by atoms with E-state index in [0.29, 0.717) is 17.1 Å². The first-order valence-corrected chi connectivity index (χ1v) is 7.39. The summed E-state index contributed by atoms with van der Waals surface area (Å²) in [5.41, 5.74) is 6.44. The maximum atomic E-state index is 14.0. The summed E-state index contributed by atoms with van der Waals surface area (Å²) >= 11 is 0. The monoisotopic (exact) mass is 283 g/mol. The van der Waals surface area contributed by atoms with Gasteiger partial charge in [-0.1, -0.05) is 0 Å². The number of hydrogen-bond acceptors (Lipinski definition) is 4. The molecule has 5 nitrogen and oxygen atoms in total. The standard InChI is InChI=1S/C12H14FN3O2S/c1-7-4-9(13)8(5-11(7)19(3,17)18)10-6-12(14)16(2)15-10/h4-6H,14H2,1-3H3. The van der Waals surface area contributed by atoms with E-state index in [1.165, 1.54) is 22.9 Å². The maximum Gasteiger partial charge on any atom is 0.175 e. The molecule has 19 heavy (non-hydrogen) atoms. The Balaban J connectivity index is 2.71. The first kappa shape index (κ1) is 13.5. The highest BCUT2D eigenvalue weighted by molar-refractivity contribution is 7.90. The molecule has 0 aliphatic carbocycles. The normalized spacial score (nSPS) is 11.8. The molecule has 0 spiro atoms. The number of anilines is 1. The number of nitrogens with two attached hydrogens (primary N) is 1. The maximum absolute atomic E-state index is 14.0. The second kappa shape index (κ2) is 4.34. The van der Waals surface area contributed by atoms with Gasteiger partial charge in [0.05, 0.1) is 10.6 Å². The molecule has 1 aromatic carbocycles. The molecule has 0 radical (unpaired) electrons. The minimum absolute atomic E-state index is 0.0909. The average Bonchev–Trinajstić information content (AvgIpc) is 2.57. The van der Waals surface area contributed by atoms with Crippen LogP contribution in [0.3, 0.4) is 0 Å². The van der Waals surface area contributed by atoms with Gasteiger partial charge in [0.15, 0.2) is 9.84 Å². The molecule has 0 atom stereocenters. The Bertz CT molecular complexity index is 731. The number of hydrogen-bond donors (Lipinski definition) is 1. The minimum Gasteiger partial charge on any atom is -0.384 e. The number of benzene rings is 1. The van der Waals surface area contributed by atoms with Gasteiger partial charge in [0.1, 0.15) is 11.6 Å². The summed E-state index contributed by atoms with van der Waals surface area (Å²) < 4.78 is 38.7. The molecule has 2 N–H and O–H groups in total. The molecule has 1 aromatic heterocycles.